The van der Waals surface area contributed by atoms with Gasteiger partial charge in [-0.25, -0.2) is 0 Å². The molecule has 1 aromatic carbocycles. The molecule has 2 atom stereocenters. The summed E-state index contributed by atoms with van der Waals surface area (Å²) < 4.78 is 17.5. The van der Waals surface area contributed by atoms with Crippen molar-refractivity contribution in [2.45, 2.75) is 58.5 Å². The normalized spacial score (nSPS) is 14.7. The molecule has 0 aliphatic rings. The number of guanidine groups is 1. The van der Waals surface area contributed by atoms with E-state index in [1.54, 1.807) is 0 Å². The van der Waals surface area contributed by atoms with Crippen molar-refractivity contribution in [1.82, 2.24) is 10.6 Å². The lowest BCUT2D eigenvalue weighted by atomic mass is 10.1. The minimum atomic E-state index is -0.913. The molecule has 0 aromatic heterocycles. The van der Waals surface area contributed by atoms with Gasteiger partial charge in [-0.3, -0.25) is 9.20 Å². The molecule has 0 saturated heterocycles. The van der Waals surface area contributed by atoms with Crippen molar-refractivity contribution in [2.24, 2.45) is 4.99 Å². The van der Waals surface area contributed by atoms with Crippen LogP contribution in [0.5, 0.6) is 5.75 Å². The lowest BCUT2D eigenvalue weighted by molar-refractivity contribution is 0.186. The van der Waals surface area contributed by atoms with Crippen molar-refractivity contribution in [3.63, 3.8) is 0 Å². The molecule has 3 N–H and O–H groups in total. The first-order valence-electron chi connectivity index (χ1n) is 9.48. The fraction of sp³-hybridized carbons (Fsp3) is 0.650. The molecule has 0 heterocycles. The highest BCUT2D eigenvalue weighted by atomic mass is 32.2. The Morgan fingerprint density at radius 2 is 1.85 bits per heavy atom. The minimum absolute atomic E-state index is 0.117. The molecule has 0 bridgehead atoms. The van der Waals surface area contributed by atoms with Gasteiger partial charge in [0.15, 0.2) is 5.96 Å². The van der Waals surface area contributed by atoms with Crippen LogP contribution >= 0.6 is 0 Å². The molecule has 0 saturated carbocycles. The van der Waals surface area contributed by atoms with Gasteiger partial charge in [0.1, 0.15) is 5.75 Å². The smallest absolute Gasteiger partial charge is 0.191 e. The number of nitrogens with zero attached hydrogens (tertiary/aromatic N) is 1. The van der Waals surface area contributed by atoms with Gasteiger partial charge in [-0.2, -0.15) is 0 Å². The molecule has 27 heavy (non-hydrogen) atoms. The van der Waals surface area contributed by atoms with Crippen LogP contribution in [0.15, 0.2) is 29.3 Å². The number of hydrogen-bond acceptors (Lipinski definition) is 4. The number of aliphatic hydroxyl groups excluding tert-OH is 1. The third kappa shape index (κ3) is 9.24. The quantitative estimate of drug-likeness (QED) is 0.441. The highest BCUT2D eigenvalue weighted by Gasteiger charge is 2.18. The van der Waals surface area contributed by atoms with E-state index in [0.717, 1.165) is 11.3 Å². The summed E-state index contributed by atoms with van der Waals surface area (Å²) in [5, 5.41) is 16.7. The molecular formula is C20H35N3O3S. The molecule has 0 fully saturated rings. The van der Waals surface area contributed by atoms with Crippen LogP contribution in [-0.2, 0) is 10.8 Å². The summed E-state index contributed by atoms with van der Waals surface area (Å²) >= 11 is 0. The fourth-order valence-corrected chi connectivity index (χ4v) is 3.13. The molecule has 0 spiro atoms. The van der Waals surface area contributed by atoms with Crippen molar-refractivity contribution in [2.75, 3.05) is 25.4 Å². The van der Waals surface area contributed by atoms with Gasteiger partial charge >= 0.3 is 0 Å². The van der Waals surface area contributed by atoms with Crippen LogP contribution in [0.25, 0.3) is 0 Å². The van der Waals surface area contributed by atoms with Gasteiger partial charge in [-0.15, -0.1) is 0 Å². The number of nitrogens with one attached hydrogen (secondary N) is 2. The predicted molar refractivity (Wildman–Crippen MR) is 114 cm³/mol. The van der Waals surface area contributed by atoms with Crippen molar-refractivity contribution in [3.05, 3.63) is 29.8 Å². The van der Waals surface area contributed by atoms with Crippen LogP contribution in [0.2, 0.25) is 0 Å². The van der Waals surface area contributed by atoms with Crippen LogP contribution in [0.4, 0.5) is 0 Å². The van der Waals surface area contributed by atoms with Gasteiger partial charge in [0.05, 0.1) is 18.8 Å². The molecule has 0 aliphatic heterocycles. The first-order chi connectivity index (χ1) is 12.6. The van der Waals surface area contributed by atoms with E-state index in [4.69, 9.17) is 4.74 Å². The Hall–Kier alpha value is -1.60. The Balaban J connectivity index is 2.59. The van der Waals surface area contributed by atoms with E-state index in [2.05, 4.69) is 15.6 Å². The van der Waals surface area contributed by atoms with E-state index in [0.29, 0.717) is 24.8 Å². The van der Waals surface area contributed by atoms with Crippen molar-refractivity contribution < 1.29 is 14.1 Å². The number of ether oxygens (including phenoxy) is 1. The van der Waals surface area contributed by atoms with Gasteiger partial charge in [-0.05, 0) is 59.2 Å². The second kappa shape index (κ2) is 11.3. The molecule has 1 aromatic rings. The first-order valence-corrected chi connectivity index (χ1v) is 10.8. The van der Waals surface area contributed by atoms with E-state index >= 15 is 0 Å². The maximum atomic E-state index is 12.1. The summed E-state index contributed by atoms with van der Waals surface area (Å²) in [6.07, 6.45) is -0.580. The number of aliphatic imine (C=N–C) groups is 1. The van der Waals surface area contributed by atoms with Crippen molar-refractivity contribution in [1.29, 1.82) is 0 Å². The number of benzene rings is 1. The van der Waals surface area contributed by atoms with Gasteiger partial charge < -0.3 is 20.5 Å². The lowest BCUT2D eigenvalue weighted by Crippen LogP contribution is -2.40. The lowest BCUT2D eigenvalue weighted by Gasteiger charge is -2.18. The van der Waals surface area contributed by atoms with E-state index in [1.165, 1.54) is 0 Å². The fourth-order valence-electron chi connectivity index (χ4n) is 2.23. The largest absolute Gasteiger partial charge is 0.491 e. The van der Waals surface area contributed by atoms with Gasteiger partial charge in [0.2, 0.25) is 0 Å². The van der Waals surface area contributed by atoms with Crippen LogP contribution in [0, 0.1) is 0 Å². The average Bonchev–Trinajstić information content (AvgIpc) is 2.58. The van der Waals surface area contributed by atoms with Crippen molar-refractivity contribution >= 4 is 16.8 Å². The van der Waals surface area contributed by atoms with Gasteiger partial charge in [-0.1, -0.05) is 12.1 Å². The summed E-state index contributed by atoms with van der Waals surface area (Å²) in [5.41, 5.74) is 0.791. The molecule has 7 heteroatoms. The Morgan fingerprint density at radius 3 is 2.37 bits per heavy atom. The predicted octanol–water partition coefficient (Wildman–Crippen LogP) is 2.61. The molecule has 1 rings (SSSR count). The Morgan fingerprint density at radius 1 is 1.22 bits per heavy atom. The van der Waals surface area contributed by atoms with Crippen LogP contribution in [0.3, 0.4) is 0 Å². The maximum absolute atomic E-state index is 12.1. The van der Waals surface area contributed by atoms with Gasteiger partial charge in [0.25, 0.3) is 0 Å². The Kier molecular flexibility index (Phi) is 9.80. The topological polar surface area (TPSA) is 83.0 Å². The van der Waals surface area contributed by atoms with E-state index < -0.39 is 16.9 Å². The Labute approximate surface area is 166 Å². The molecule has 6 nitrogen and oxygen atoms in total. The van der Waals surface area contributed by atoms with Gasteiger partial charge in [0, 0.05) is 34.4 Å². The molecule has 0 aliphatic carbocycles. The summed E-state index contributed by atoms with van der Waals surface area (Å²) in [4.78, 5) is 4.43. The van der Waals surface area contributed by atoms with Crippen molar-refractivity contribution in [3.8, 4) is 5.75 Å². The zero-order valence-electron chi connectivity index (χ0n) is 17.4. The first kappa shape index (κ1) is 23.4. The SMILES string of the molecule is CCNC(=NCC(O)c1ccc(OC(C)C)cc1)NCCS(=O)C(C)(C)C. The van der Waals surface area contributed by atoms with E-state index in [-0.39, 0.29) is 17.4 Å². The Bertz CT molecular complexity index is 610. The minimum Gasteiger partial charge on any atom is -0.491 e. The number of rotatable bonds is 9. The second-order valence-electron chi connectivity index (χ2n) is 7.56. The average molecular weight is 398 g/mol. The zero-order valence-corrected chi connectivity index (χ0v) is 18.2. The standard InChI is InChI=1S/C20H35N3O3S/c1-7-21-19(22-12-13-27(25)20(4,5)6)23-14-18(24)16-8-10-17(11-9-16)26-15(2)3/h8-11,15,18,24H,7,12-14H2,1-6H3,(H2,21,22,23). The summed E-state index contributed by atoms with van der Waals surface area (Å²) in [6, 6.07) is 7.41. The summed E-state index contributed by atoms with van der Waals surface area (Å²) in [7, 11) is -0.913. The maximum Gasteiger partial charge on any atom is 0.191 e. The molecule has 0 radical (unpaired) electrons. The highest BCUT2D eigenvalue weighted by molar-refractivity contribution is 7.86. The number of aliphatic hydroxyl groups is 1. The molecular weight excluding hydrogens is 362 g/mol. The molecule has 0 amide bonds. The second-order valence-corrected chi connectivity index (χ2v) is 9.88. The number of hydrogen-bond donors (Lipinski definition) is 3. The highest BCUT2D eigenvalue weighted by Crippen LogP contribution is 2.19. The third-order valence-corrected chi connectivity index (χ3v) is 5.61. The van der Waals surface area contributed by atoms with E-state index in [1.807, 2.05) is 65.8 Å². The van der Waals surface area contributed by atoms with Crippen LogP contribution < -0.4 is 15.4 Å². The third-order valence-electron chi connectivity index (χ3n) is 3.67. The summed E-state index contributed by atoms with van der Waals surface area (Å²) in [5.74, 6) is 1.95. The summed E-state index contributed by atoms with van der Waals surface area (Å²) in [6.45, 7) is 13.4. The van der Waals surface area contributed by atoms with Crippen LogP contribution in [0.1, 0.15) is 53.2 Å². The monoisotopic (exact) mass is 397 g/mol. The molecule has 154 valence electrons. The van der Waals surface area contributed by atoms with E-state index in [9.17, 15) is 9.32 Å². The zero-order chi connectivity index (χ0) is 20.4. The molecule has 2 unspecified atom stereocenters. The van der Waals surface area contributed by atoms with Crippen LogP contribution in [-0.4, -0.2) is 51.5 Å².